The van der Waals surface area contributed by atoms with Crippen molar-refractivity contribution in [1.29, 1.82) is 0 Å². The minimum absolute atomic E-state index is 0.265. The molecule has 3 N–H and O–H groups in total. The summed E-state index contributed by atoms with van der Waals surface area (Å²) in [4.78, 5) is 24.1. The molecule has 0 aliphatic heterocycles. The van der Waals surface area contributed by atoms with Gasteiger partial charge in [-0.1, -0.05) is 6.07 Å². The molecule has 0 fully saturated rings. The number of carbonyl (C=O) groups is 1. The average Bonchev–Trinajstić information content (AvgIpc) is 2.62. The quantitative estimate of drug-likeness (QED) is 0.560. The molecule has 10 heteroatoms. The van der Waals surface area contributed by atoms with E-state index >= 15 is 0 Å². The number of aryl methyl sites for hydroxylation is 1. The number of aromatic nitrogens is 3. The van der Waals surface area contributed by atoms with Gasteiger partial charge in [-0.25, -0.2) is 15.0 Å². The number of nitrogens with one attached hydrogen (secondary N) is 3. The molecule has 0 bridgehead atoms. The van der Waals surface area contributed by atoms with E-state index in [0.717, 1.165) is 0 Å². The van der Waals surface area contributed by atoms with Crippen LogP contribution in [0.3, 0.4) is 0 Å². The van der Waals surface area contributed by atoms with Crippen molar-refractivity contribution in [2.45, 2.75) is 19.5 Å². The Morgan fingerprint density at radius 1 is 0.931 bits per heavy atom. The first kappa shape index (κ1) is 20.1. The van der Waals surface area contributed by atoms with Crippen molar-refractivity contribution in [1.82, 2.24) is 15.0 Å². The van der Waals surface area contributed by atoms with Gasteiger partial charge >= 0.3 is 6.18 Å². The van der Waals surface area contributed by atoms with Gasteiger partial charge in [0.2, 0.25) is 5.91 Å². The number of pyridine rings is 1. The fourth-order valence-electron chi connectivity index (χ4n) is 2.44. The molecule has 0 aliphatic carbocycles. The van der Waals surface area contributed by atoms with Crippen LogP contribution in [-0.2, 0) is 4.79 Å². The number of rotatable bonds is 6. The number of benzene rings is 1. The first-order chi connectivity index (χ1) is 13.8. The molecule has 0 saturated heterocycles. The van der Waals surface area contributed by atoms with Crippen molar-refractivity contribution < 1.29 is 18.0 Å². The Balaban J connectivity index is 1.66. The van der Waals surface area contributed by atoms with Gasteiger partial charge in [0.25, 0.3) is 0 Å². The second-order valence-corrected chi connectivity index (χ2v) is 6.07. The molecule has 0 unspecified atom stereocenters. The highest BCUT2D eigenvalue weighted by Gasteiger charge is 2.31. The van der Waals surface area contributed by atoms with Crippen LogP contribution in [0.5, 0.6) is 0 Å². The molecular weight excluding hydrogens is 385 g/mol. The molecule has 3 aromatic rings. The van der Waals surface area contributed by atoms with E-state index < -0.39 is 18.5 Å². The molecule has 3 rings (SSSR count). The van der Waals surface area contributed by atoms with Gasteiger partial charge in [0, 0.05) is 23.6 Å². The largest absolute Gasteiger partial charge is 0.397 e. The predicted molar refractivity (Wildman–Crippen MR) is 103 cm³/mol. The third-order valence-corrected chi connectivity index (χ3v) is 3.56. The van der Waals surface area contributed by atoms with Crippen molar-refractivity contribution in [3.63, 3.8) is 0 Å². The van der Waals surface area contributed by atoms with Gasteiger partial charge < -0.3 is 16.0 Å². The molecule has 0 aliphatic rings. The molecule has 2 aromatic heterocycles. The Morgan fingerprint density at radius 3 is 2.21 bits per heavy atom. The van der Waals surface area contributed by atoms with E-state index in [4.69, 9.17) is 0 Å². The Labute approximate surface area is 164 Å². The summed E-state index contributed by atoms with van der Waals surface area (Å²) >= 11 is 0. The third-order valence-electron chi connectivity index (χ3n) is 3.56. The number of alkyl halides is 3. The van der Waals surface area contributed by atoms with Gasteiger partial charge in [0.05, 0.1) is 0 Å². The zero-order valence-corrected chi connectivity index (χ0v) is 15.3. The molecule has 1 amide bonds. The number of nitrogens with zero attached hydrogens (tertiary/aromatic N) is 3. The highest BCUT2D eigenvalue weighted by Crippen LogP contribution is 2.23. The summed E-state index contributed by atoms with van der Waals surface area (Å²) < 4.78 is 36.7. The lowest BCUT2D eigenvalue weighted by atomic mass is 10.2. The molecule has 7 nitrogen and oxygen atoms in total. The lowest BCUT2D eigenvalue weighted by molar-refractivity contribution is -0.150. The van der Waals surface area contributed by atoms with Crippen molar-refractivity contribution >= 4 is 34.7 Å². The van der Waals surface area contributed by atoms with Crippen molar-refractivity contribution in [3.05, 3.63) is 60.6 Å². The van der Waals surface area contributed by atoms with E-state index in [0.29, 0.717) is 29.0 Å². The zero-order valence-electron chi connectivity index (χ0n) is 15.3. The Morgan fingerprint density at radius 2 is 1.59 bits per heavy atom. The van der Waals surface area contributed by atoms with Gasteiger partial charge in [-0.15, -0.1) is 0 Å². The second-order valence-electron chi connectivity index (χ2n) is 6.07. The monoisotopic (exact) mass is 402 g/mol. The molecule has 0 radical (unpaired) electrons. The van der Waals surface area contributed by atoms with E-state index in [1.807, 2.05) is 6.07 Å². The molecule has 150 valence electrons. The van der Waals surface area contributed by atoms with Crippen LogP contribution in [0.25, 0.3) is 0 Å². The van der Waals surface area contributed by atoms with Crippen molar-refractivity contribution in [2.24, 2.45) is 0 Å². The summed E-state index contributed by atoms with van der Waals surface area (Å²) in [5, 5.41) is 8.37. The topological polar surface area (TPSA) is 91.8 Å². The molecule has 29 heavy (non-hydrogen) atoms. The normalized spacial score (nSPS) is 11.0. The molecule has 1 aromatic carbocycles. The SMILES string of the molecule is Cc1nc(Nc2ccc(NC(=O)CC(F)(F)F)cc2)cc(Nc2ccccn2)n1. The highest BCUT2D eigenvalue weighted by atomic mass is 19.4. The molecule has 0 saturated carbocycles. The lowest BCUT2D eigenvalue weighted by Gasteiger charge is -2.11. The average molecular weight is 402 g/mol. The number of amides is 1. The maximum absolute atomic E-state index is 12.2. The van der Waals surface area contributed by atoms with Gasteiger partial charge in [0.1, 0.15) is 29.7 Å². The van der Waals surface area contributed by atoms with Crippen LogP contribution in [-0.4, -0.2) is 27.0 Å². The van der Waals surface area contributed by atoms with E-state index in [1.54, 1.807) is 43.5 Å². The summed E-state index contributed by atoms with van der Waals surface area (Å²) in [6.45, 7) is 1.74. The van der Waals surface area contributed by atoms with E-state index in [-0.39, 0.29) is 5.69 Å². The molecular formula is C19H17F3N6O. The first-order valence-electron chi connectivity index (χ1n) is 8.54. The number of anilines is 5. The third kappa shape index (κ3) is 6.45. The van der Waals surface area contributed by atoms with Gasteiger partial charge in [0.15, 0.2) is 0 Å². The van der Waals surface area contributed by atoms with Crippen LogP contribution in [0.4, 0.5) is 42.0 Å². The van der Waals surface area contributed by atoms with E-state index in [1.165, 1.54) is 12.1 Å². The second kappa shape index (κ2) is 8.55. The summed E-state index contributed by atoms with van der Waals surface area (Å²) in [7, 11) is 0. The van der Waals surface area contributed by atoms with E-state index in [2.05, 4.69) is 30.9 Å². The number of hydrogen-bond acceptors (Lipinski definition) is 6. The van der Waals surface area contributed by atoms with E-state index in [9.17, 15) is 18.0 Å². The number of hydrogen-bond donors (Lipinski definition) is 3. The van der Waals surface area contributed by atoms with Crippen LogP contribution >= 0.6 is 0 Å². The fourth-order valence-corrected chi connectivity index (χ4v) is 2.44. The van der Waals surface area contributed by atoms with Crippen LogP contribution in [0.1, 0.15) is 12.2 Å². The zero-order chi connectivity index (χ0) is 20.9. The lowest BCUT2D eigenvalue weighted by Crippen LogP contribution is -2.21. The Bertz CT molecular complexity index is 977. The molecule has 0 atom stereocenters. The number of halogens is 3. The van der Waals surface area contributed by atoms with Gasteiger partial charge in [-0.3, -0.25) is 4.79 Å². The standard InChI is InChI=1S/C19H17F3N6O/c1-12-24-16(10-17(25-12)28-15-4-2-3-9-23-15)26-13-5-7-14(8-6-13)27-18(29)11-19(20,21)22/h2-10H,11H2,1H3,(H,27,29)(H2,23,24,25,26,28). The summed E-state index contributed by atoms with van der Waals surface area (Å²) in [5.41, 5.74) is 0.905. The summed E-state index contributed by atoms with van der Waals surface area (Å²) in [6.07, 6.45) is -4.42. The van der Waals surface area contributed by atoms with Crippen molar-refractivity contribution in [2.75, 3.05) is 16.0 Å². The predicted octanol–water partition coefficient (Wildman–Crippen LogP) is 4.56. The maximum atomic E-state index is 12.2. The number of carbonyl (C=O) groups excluding carboxylic acids is 1. The fraction of sp³-hybridized carbons (Fsp3) is 0.158. The van der Waals surface area contributed by atoms with Crippen LogP contribution < -0.4 is 16.0 Å². The van der Waals surface area contributed by atoms with Crippen molar-refractivity contribution in [3.8, 4) is 0 Å². The Hall–Kier alpha value is -3.69. The first-order valence-corrected chi connectivity index (χ1v) is 8.54. The Kier molecular flexibility index (Phi) is 5.91. The molecule has 2 heterocycles. The highest BCUT2D eigenvalue weighted by molar-refractivity contribution is 5.91. The molecule has 0 spiro atoms. The summed E-state index contributed by atoms with van der Waals surface area (Å²) in [6, 6.07) is 13.4. The van der Waals surface area contributed by atoms with Gasteiger partial charge in [-0.05, 0) is 43.3 Å². The maximum Gasteiger partial charge on any atom is 0.397 e. The van der Waals surface area contributed by atoms with Crippen LogP contribution in [0.15, 0.2) is 54.7 Å². The van der Waals surface area contributed by atoms with Crippen LogP contribution in [0, 0.1) is 6.92 Å². The smallest absolute Gasteiger partial charge is 0.340 e. The summed E-state index contributed by atoms with van der Waals surface area (Å²) in [5.74, 6) is 1.12. The van der Waals surface area contributed by atoms with Gasteiger partial charge in [-0.2, -0.15) is 13.2 Å². The minimum atomic E-state index is -4.54. The van der Waals surface area contributed by atoms with Crippen LogP contribution in [0.2, 0.25) is 0 Å². The minimum Gasteiger partial charge on any atom is -0.340 e.